The van der Waals surface area contributed by atoms with Crippen LogP contribution in [-0.2, 0) is 20.9 Å². The number of rotatable bonds is 7. The number of imide groups is 1. The summed E-state index contributed by atoms with van der Waals surface area (Å²) in [6, 6.07) is 19.0. The van der Waals surface area contributed by atoms with Crippen LogP contribution in [0.25, 0.3) is 0 Å². The lowest BCUT2D eigenvalue weighted by molar-refractivity contribution is -0.384. The van der Waals surface area contributed by atoms with Crippen molar-refractivity contribution >= 4 is 29.2 Å². The van der Waals surface area contributed by atoms with E-state index in [9.17, 15) is 24.5 Å². The SMILES string of the molecule is O=C(OCc1ccc(Oc2ccc([N+](=O)[O-])cc2)cc1)c1ccc(N2C(=O)[C@@H]3[C@H](C2=O)[C@@H]2C=C[C@H]3C2)cc1. The Labute approximate surface area is 217 Å². The first-order valence-electron chi connectivity index (χ1n) is 12.2. The van der Waals surface area contributed by atoms with Crippen LogP contribution in [0.3, 0.4) is 0 Å². The van der Waals surface area contributed by atoms with Gasteiger partial charge in [0.1, 0.15) is 18.1 Å². The second-order valence-corrected chi connectivity index (χ2v) is 9.63. The fraction of sp³-hybridized carbons (Fsp3) is 0.207. The van der Waals surface area contributed by atoms with Crippen molar-refractivity contribution in [1.82, 2.24) is 0 Å². The van der Waals surface area contributed by atoms with Crippen LogP contribution in [-0.4, -0.2) is 22.7 Å². The van der Waals surface area contributed by atoms with Gasteiger partial charge in [-0.15, -0.1) is 0 Å². The van der Waals surface area contributed by atoms with Crippen LogP contribution in [0.5, 0.6) is 11.5 Å². The molecule has 0 aromatic heterocycles. The average Bonchev–Trinajstić information content (AvgIpc) is 3.62. The number of anilines is 1. The molecule has 3 aromatic rings. The van der Waals surface area contributed by atoms with Gasteiger partial charge in [0.05, 0.1) is 28.0 Å². The maximum Gasteiger partial charge on any atom is 0.338 e. The summed E-state index contributed by atoms with van der Waals surface area (Å²) in [5.41, 5.74) is 1.50. The van der Waals surface area contributed by atoms with Crippen LogP contribution in [0.15, 0.2) is 84.9 Å². The predicted molar refractivity (Wildman–Crippen MR) is 135 cm³/mol. The van der Waals surface area contributed by atoms with Gasteiger partial charge in [-0.3, -0.25) is 24.6 Å². The van der Waals surface area contributed by atoms with E-state index >= 15 is 0 Å². The van der Waals surface area contributed by atoms with E-state index in [-0.39, 0.29) is 47.8 Å². The second-order valence-electron chi connectivity index (χ2n) is 9.63. The van der Waals surface area contributed by atoms with E-state index in [2.05, 4.69) is 12.2 Å². The van der Waals surface area contributed by atoms with Crippen molar-refractivity contribution in [3.05, 3.63) is 106 Å². The summed E-state index contributed by atoms with van der Waals surface area (Å²) < 4.78 is 11.1. The summed E-state index contributed by atoms with van der Waals surface area (Å²) in [6.07, 6.45) is 4.99. The first kappa shape index (κ1) is 23.6. The molecule has 6 rings (SSSR count). The lowest BCUT2D eigenvalue weighted by atomic mass is 9.85. The van der Waals surface area contributed by atoms with Crippen LogP contribution >= 0.6 is 0 Å². The van der Waals surface area contributed by atoms with Gasteiger partial charge in [-0.25, -0.2) is 4.79 Å². The molecule has 1 saturated heterocycles. The first-order valence-corrected chi connectivity index (χ1v) is 12.2. The van der Waals surface area contributed by atoms with Crippen molar-refractivity contribution in [3.8, 4) is 11.5 Å². The number of ether oxygens (including phenoxy) is 2. The minimum Gasteiger partial charge on any atom is -0.457 e. The fourth-order valence-corrected chi connectivity index (χ4v) is 5.56. The number of nitro benzene ring substituents is 1. The number of allylic oxidation sites excluding steroid dienone is 2. The molecule has 4 atom stereocenters. The Morgan fingerprint density at radius 1 is 0.842 bits per heavy atom. The quantitative estimate of drug-likeness (QED) is 0.143. The molecule has 9 nitrogen and oxygen atoms in total. The molecule has 9 heteroatoms. The Morgan fingerprint density at radius 3 is 1.95 bits per heavy atom. The zero-order chi connectivity index (χ0) is 26.4. The van der Waals surface area contributed by atoms with E-state index in [0.717, 1.165) is 12.0 Å². The lowest BCUT2D eigenvalue weighted by Gasteiger charge is -2.17. The Kier molecular flexibility index (Phi) is 5.75. The van der Waals surface area contributed by atoms with Crippen molar-refractivity contribution < 1.29 is 28.8 Å². The van der Waals surface area contributed by atoms with Crippen molar-refractivity contribution in [1.29, 1.82) is 0 Å². The molecule has 2 aliphatic carbocycles. The Balaban J connectivity index is 1.04. The number of nitrogens with zero attached hydrogens (tertiary/aromatic N) is 2. The van der Waals surface area contributed by atoms with Crippen molar-refractivity contribution in [2.45, 2.75) is 13.0 Å². The van der Waals surface area contributed by atoms with Crippen LogP contribution < -0.4 is 9.64 Å². The maximum absolute atomic E-state index is 13.0. The highest BCUT2D eigenvalue weighted by molar-refractivity contribution is 6.22. The molecule has 1 saturated carbocycles. The highest BCUT2D eigenvalue weighted by Crippen LogP contribution is 2.53. The van der Waals surface area contributed by atoms with E-state index in [4.69, 9.17) is 9.47 Å². The van der Waals surface area contributed by atoms with Gasteiger partial charge in [-0.2, -0.15) is 0 Å². The monoisotopic (exact) mass is 510 g/mol. The molecule has 1 aliphatic heterocycles. The number of nitro groups is 1. The average molecular weight is 511 g/mol. The summed E-state index contributed by atoms with van der Waals surface area (Å²) in [5.74, 6) is -0.109. The maximum atomic E-state index is 13.0. The van der Waals surface area contributed by atoms with Gasteiger partial charge in [-0.1, -0.05) is 24.3 Å². The molecule has 2 fully saturated rings. The van der Waals surface area contributed by atoms with Crippen LogP contribution in [0.2, 0.25) is 0 Å². The largest absolute Gasteiger partial charge is 0.457 e. The molecule has 0 spiro atoms. The molecule has 3 aromatic carbocycles. The number of amides is 2. The molecule has 3 aliphatic rings. The first-order chi connectivity index (χ1) is 18.4. The molecule has 2 amide bonds. The van der Waals surface area contributed by atoms with E-state index in [0.29, 0.717) is 22.7 Å². The third-order valence-corrected chi connectivity index (χ3v) is 7.41. The molecule has 190 valence electrons. The molecule has 38 heavy (non-hydrogen) atoms. The van der Waals surface area contributed by atoms with Gasteiger partial charge in [-0.05, 0) is 72.4 Å². The van der Waals surface area contributed by atoms with Gasteiger partial charge in [0, 0.05) is 12.1 Å². The molecule has 1 heterocycles. The summed E-state index contributed by atoms with van der Waals surface area (Å²) >= 11 is 0. The number of esters is 1. The Hall–Kier alpha value is -4.79. The summed E-state index contributed by atoms with van der Waals surface area (Å²) in [5, 5.41) is 10.8. The van der Waals surface area contributed by atoms with Gasteiger partial charge in [0.25, 0.3) is 5.69 Å². The highest BCUT2D eigenvalue weighted by Gasteiger charge is 2.59. The zero-order valence-corrected chi connectivity index (χ0v) is 20.1. The summed E-state index contributed by atoms with van der Waals surface area (Å²) in [4.78, 5) is 50.1. The minimum atomic E-state index is -0.527. The number of carbonyl (C=O) groups is 3. The number of non-ortho nitro benzene ring substituents is 1. The van der Waals surface area contributed by atoms with Crippen LogP contribution in [0.4, 0.5) is 11.4 Å². The van der Waals surface area contributed by atoms with Crippen molar-refractivity contribution in [3.63, 3.8) is 0 Å². The molecule has 2 bridgehead atoms. The number of carbonyl (C=O) groups excluding carboxylic acids is 3. The van der Waals surface area contributed by atoms with E-state index in [1.54, 1.807) is 48.5 Å². The molecule has 0 N–H and O–H groups in total. The smallest absolute Gasteiger partial charge is 0.338 e. The number of fused-ring (bicyclic) bond motifs is 5. The third kappa shape index (κ3) is 4.11. The second kappa shape index (κ2) is 9.26. The van der Waals surface area contributed by atoms with Crippen molar-refractivity contribution in [2.24, 2.45) is 23.7 Å². The molecular weight excluding hydrogens is 488 g/mol. The van der Waals surface area contributed by atoms with Gasteiger partial charge < -0.3 is 9.47 Å². The molecular formula is C29H22N2O7. The van der Waals surface area contributed by atoms with E-state index < -0.39 is 10.9 Å². The predicted octanol–water partition coefficient (Wildman–Crippen LogP) is 5.06. The zero-order valence-electron chi connectivity index (χ0n) is 20.1. The topological polar surface area (TPSA) is 116 Å². The number of hydrogen-bond acceptors (Lipinski definition) is 7. The Morgan fingerprint density at radius 2 is 1.39 bits per heavy atom. The normalized spacial score (nSPS) is 23.0. The van der Waals surface area contributed by atoms with Gasteiger partial charge >= 0.3 is 5.97 Å². The van der Waals surface area contributed by atoms with Crippen LogP contribution in [0.1, 0.15) is 22.3 Å². The number of benzene rings is 3. The molecule has 0 unspecified atom stereocenters. The lowest BCUT2D eigenvalue weighted by Crippen LogP contribution is -2.32. The third-order valence-electron chi connectivity index (χ3n) is 7.41. The summed E-state index contributed by atoms with van der Waals surface area (Å²) in [6.45, 7) is 0.0423. The van der Waals surface area contributed by atoms with Crippen LogP contribution in [0, 0.1) is 33.8 Å². The number of hydrogen-bond donors (Lipinski definition) is 0. The highest BCUT2D eigenvalue weighted by atomic mass is 16.6. The van der Waals surface area contributed by atoms with E-state index in [1.807, 2.05) is 0 Å². The fourth-order valence-electron chi connectivity index (χ4n) is 5.56. The minimum absolute atomic E-state index is 0.0197. The van der Waals surface area contributed by atoms with E-state index in [1.165, 1.54) is 29.2 Å². The standard InChI is InChI=1S/C29H22N2O7/c32-27-25-19-3-4-20(15-19)26(25)28(33)30(27)21-7-5-18(6-8-21)29(34)37-16-17-1-11-23(12-2-17)38-24-13-9-22(10-14-24)31(35)36/h1-14,19-20,25-26H,15-16H2/t19-,20+,25-,26+. The Bertz CT molecular complexity index is 1430. The molecule has 0 radical (unpaired) electrons. The van der Waals surface area contributed by atoms with Gasteiger partial charge in [0.2, 0.25) is 11.8 Å². The van der Waals surface area contributed by atoms with Gasteiger partial charge in [0.15, 0.2) is 0 Å². The summed E-state index contributed by atoms with van der Waals surface area (Å²) in [7, 11) is 0. The van der Waals surface area contributed by atoms with Crippen molar-refractivity contribution in [2.75, 3.05) is 4.90 Å².